The van der Waals surface area contributed by atoms with Gasteiger partial charge in [0, 0.05) is 27.2 Å². The molecule has 0 bridgehead atoms. The molecule has 0 saturated heterocycles. The minimum Gasteiger partial charge on any atom is -0.309 e. The molecule has 0 radical (unpaired) electrons. The van der Waals surface area contributed by atoms with Gasteiger partial charge in [0.15, 0.2) is 15.9 Å². The number of nitrogens with one attached hydrogen (secondary N) is 1. The molecule has 0 aliphatic carbocycles. The van der Waals surface area contributed by atoms with Gasteiger partial charge in [-0.2, -0.15) is 5.10 Å². The van der Waals surface area contributed by atoms with E-state index in [-0.39, 0.29) is 28.3 Å². The summed E-state index contributed by atoms with van der Waals surface area (Å²) < 4.78 is 5.58. The summed E-state index contributed by atoms with van der Waals surface area (Å²) in [6.45, 7) is 1.70. The summed E-state index contributed by atoms with van der Waals surface area (Å²) in [5.41, 5.74) is 0.156. The number of carbonyl (C=O) groups excluding carboxylic acids is 1. The largest absolute Gasteiger partial charge is 0.332 e. The molecule has 1 amide bonds. The zero-order chi connectivity index (χ0) is 18.5. The molecule has 3 aromatic heterocycles. The highest BCUT2D eigenvalue weighted by molar-refractivity contribution is 9.10. The quantitative estimate of drug-likeness (QED) is 0.606. The van der Waals surface area contributed by atoms with E-state index in [1.807, 2.05) is 6.92 Å². The first-order valence-electron chi connectivity index (χ1n) is 7.33. The Bertz CT molecular complexity index is 1120. The molecule has 0 spiro atoms. The molecule has 3 aromatic rings. The van der Waals surface area contributed by atoms with Gasteiger partial charge in [-0.3, -0.25) is 28.0 Å². The van der Waals surface area contributed by atoms with Crippen LogP contribution < -0.4 is 16.6 Å². The van der Waals surface area contributed by atoms with Crippen LogP contribution in [0.5, 0.6) is 0 Å². The molecular formula is C14H16BrN7O3. The van der Waals surface area contributed by atoms with Crippen molar-refractivity contribution in [2.75, 3.05) is 5.32 Å². The second-order valence-corrected chi connectivity index (χ2v) is 6.40. The minimum atomic E-state index is -0.514. The summed E-state index contributed by atoms with van der Waals surface area (Å²) >= 11 is 3.25. The number of halogens is 1. The van der Waals surface area contributed by atoms with Crippen LogP contribution in [0.4, 0.5) is 5.82 Å². The number of amides is 1. The number of rotatable bonds is 3. The number of fused-ring (bicyclic) bond motifs is 1. The van der Waals surface area contributed by atoms with Crippen molar-refractivity contribution in [3.63, 3.8) is 0 Å². The van der Waals surface area contributed by atoms with Crippen LogP contribution in [-0.4, -0.2) is 34.4 Å². The summed E-state index contributed by atoms with van der Waals surface area (Å²) in [6.07, 6.45) is 0. The van der Waals surface area contributed by atoms with Gasteiger partial charge >= 0.3 is 5.69 Å². The number of aromatic nitrogens is 6. The Hall–Kier alpha value is -2.69. The number of nitrogens with zero attached hydrogens (tertiary/aromatic N) is 6. The lowest BCUT2D eigenvalue weighted by molar-refractivity contribution is -0.116. The van der Waals surface area contributed by atoms with Gasteiger partial charge in [0.2, 0.25) is 5.91 Å². The summed E-state index contributed by atoms with van der Waals surface area (Å²) in [5.74, 6) is 0.212. The maximum absolute atomic E-state index is 12.4. The lowest BCUT2D eigenvalue weighted by atomic mass is 10.4. The van der Waals surface area contributed by atoms with Crippen LogP contribution in [-0.2, 0) is 32.5 Å². The van der Waals surface area contributed by atoms with Crippen LogP contribution in [0, 0.1) is 6.92 Å². The number of hydrogen-bond donors (Lipinski definition) is 1. The fourth-order valence-corrected chi connectivity index (χ4v) is 3.13. The first-order chi connectivity index (χ1) is 11.7. The van der Waals surface area contributed by atoms with Crippen molar-refractivity contribution in [1.82, 2.24) is 28.5 Å². The predicted molar refractivity (Wildman–Crippen MR) is 94.5 cm³/mol. The number of carbonyl (C=O) groups is 1. The molecule has 0 unspecified atom stereocenters. The van der Waals surface area contributed by atoms with Crippen molar-refractivity contribution in [3.05, 3.63) is 37.3 Å². The summed E-state index contributed by atoms with van der Waals surface area (Å²) in [7, 11) is 4.63. The standard InChI is InChI=1S/C14H16BrN7O3/c1-7-5-8(21(4)18-7)16-9(23)6-22-11-10(17-13(22)15)12(24)20(3)14(25)19(11)2/h5H,6H2,1-4H3,(H,16,23). The fourth-order valence-electron chi connectivity index (χ4n) is 2.66. The molecule has 0 atom stereocenters. The molecule has 1 N–H and O–H groups in total. The summed E-state index contributed by atoms with van der Waals surface area (Å²) in [6, 6.07) is 1.74. The Labute approximate surface area is 149 Å². The van der Waals surface area contributed by atoms with Gasteiger partial charge in [-0.1, -0.05) is 0 Å². The maximum Gasteiger partial charge on any atom is 0.332 e. The molecule has 0 saturated carbocycles. The Morgan fingerprint density at radius 1 is 1.24 bits per heavy atom. The van der Waals surface area contributed by atoms with E-state index in [0.29, 0.717) is 5.82 Å². The fraction of sp³-hybridized carbons (Fsp3) is 0.357. The summed E-state index contributed by atoms with van der Waals surface area (Å²) in [4.78, 5) is 40.9. The van der Waals surface area contributed by atoms with E-state index in [2.05, 4.69) is 31.3 Å². The van der Waals surface area contributed by atoms with Gasteiger partial charge in [0.05, 0.1) is 5.69 Å². The molecule has 3 rings (SSSR count). The first-order valence-corrected chi connectivity index (χ1v) is 8.12. The van der Waals surface area contributed by atoms with Crippen LogP contribution in [0.3, 0.4) is 0 Å². The normalized spacial score (nSPS) is 11.2. The van der Waals surface area contributed by atoms with Crippen molar-refractivity contribution >= 4 is 38.8 Å². The average molecular weight is 410 g/mol. The van der Waals surface area contributed by atoms with Crippen molar-refractivity contribution in [3.8, 4) is 0 Å². The molecule has 25 heavy (non-hydrogen) atoms. The smallest absolute Gasteiger partial charge is 0.309 e. The topological polar surface area (TPSA) is 109 Å². The van der Waals surface area contributed by atoms with Crippen LogP contribution in [0.2, 0.25) is 0 Å². The average Bonchev–Trinajstić information content (AvgIpc) is 3.03. The van der Waals surface area contributed by atoms with Gasteiger partial charge in [0.1, 0.15) is 12.4 Å². The third kappa shape index (κ3) is 2.80. The first kappa shape index (κ1) is 17.1. The molecular weight excluding hydrogens is 394 g/mol. The molecule has 11 heteroatoms. The van der Waals surface area contributed by atoms with E-state index in [0.717, 1.165) is 10.3 Å². The highest BCUT2D eigenvalue weighted by atomic mass is 79.9. The molecule has 0 aromatic carbocycles. The second-order valence-electron chi connectivity index (χ2n) is 5.69. The highest BCUT2D eigenvalue weighted by Crippen LogP contribution is 2.17. The van der Waals surface area contributed by atoms with E-state index in [1.54, 1.807) is 17.8 Å². The molecule has 132 valence electrons. The Kier molecular flexibility index (Phi) is 4.11. The monoisotopic (exact) mass is 409 g/mol. The third-order valence-corrected chi connectivity index (χ3v) is 4.47. The molecule has 0 fully saturated rings. The van der Waals surface area contributed by atoms with E-state index >= 15 is 0 Å². The van der Waals surface area contributed by atoms with Gasteiger partial charge in [-0.05, 0) is 22.9 Å². The number of imidazole rings is 1. The van der Waals surface area contributed by atoms with Gasteiger partial charge in [-0.25, -0.2) is 9.78 Å². The van der Waals surface area contributed by atoms with Gasteiger partial charge in [-0.15, -0.1) is 0 Å². The maximum atomic E-state index is 12.4. The Balaban J connectivity index is 2.03. The van der Waals surface area contributed by atoms with E-state index in [9.17, 15) is 14.4 Å². The number of aryl methyl sites for hydroxylation is 3. The van der Waals surface area contributed by atoms with E-state index < -0.39 is 11.2 Å². The third-order valence-electron chi connectivity index (χ3n) is 3.86. The van der Waals surface area contributed by atoms with Crippen LogP contribution in [0.15, 0.2) is 20.4 Å². The van der Waals surface area contributed by atoms with Gasteiger partial charge in [0.25, 0.3) is 5.56 Å². The predicted octanol–water partition coefficient (Wildman–Crippen LogP) is -0.123. The van der Waals surface area contributed by atoms with Crippen LogP contribution >= 0.6 is 15.9 Å². The zero-order valence-electron chi connectivity index (χ0n) is 14.1. The SMILES string of the molecule is Cc1cc(NC(=O)Cn2c(Br)nc3c(=O)n(C)c(=O)n(C)c32)n(C)n1. The Morgan fingerprint density at radius 2 is 1.92 bits per heavy atom. The van der Waals surface area contributed by atoms with Crippen LogP contribution in [0.25, 0.3) is 11.2 Å². The number of hydrogen-bond acceptors (Lipinski definition) is 5. The Morgan fingerprint density at radius 3 is 2.52 bits per heavy atom. The van der Waals surface area contributed by atoms with Crippen molar-refractivity contribution < 1.29 is 4.79 Å². The molecule has 3 heterocycles. The molecule has 0 aliphatic heterocycles. The molecule has 10 nitrogen and oxygen atoms in total. The van der Waals surface area contributed by atoms with Gasteiger partial charge < -0.3 is 5.32 Å². The van der Waals surface area contributed by atoms with Crippen molar-refractivity contribution in [2.24, 2.45) is 21.1 Å². The lowest BCUT2D eigenvalue weighted by Crippen LogP contribution is -2.37. The summed E-state index contributed by atoms with van der Waals surface area (Å²) in [5, 5.41) is 6.90. The lowest BCUT2D eigenvalue weighted by Gasteiger charge is -2.10. The van der Waals surface area contributed by atoms with Crippen molar-refractivity contribution in [1.29, 1.82) is 0 Å². The van der Waals surface area contributed by atoms with Crippen molar-refractivity contribution in [2.45, 2.75) is 13.5 Å². The van der Waals surface area contributed by atoms with E-state index in [4.69, 9.17) is 0 Å². The minimum absolute atomic E-state index is 0.112. The molecule has 0 aliphatic rings. The zero-order valence-corrected chi connectivity index (χ0v) is 15.7. The number of anilines is 1. The highest BCUT2D eigenvalue weighted by Gasteiger charge is 2.19. The van der Waals surface area contributed by atoms with E-state index in [1.165, 1.54) is 23.2 Å². The second kappa shape index (κ2) is 5.99. The van der Waals surface area contributed by atoms with Crippen LogP contribution in [0.1, 0.15) is 5.69 Å².